The quantitative estimate of drug-likeness (QED) is 0.701. The number of anilines is 1. The van der Waals surface area contributed by atoms with Crippen molar-refractivity contribution in [3.05, 3.63) is 53.3 Å². The molecular formula is C17H18ClFN2O4. The number of benzene rings is 2. The Morgan fingerprint density at radius 2 is 1.92 bits per heavy atom. The Balaban J connectivity index is 1.74. The number of hydrogen-bond donors (Lipinski definition) is 3. The van der Waals surface area contributed by atoms with Crippen LogP contribution in [0.2, 0.25) is 5.02 Å². The smallest absolute Gasteiger partial charge is 0.319 e. The van der Waals surface area contributed by atoms with E-state index in [1.54, 1.807) is 18.2 Å². The molecular weight excluding hydrogens is 351 g/mol. The molecule has 6 nitrogen and oxygen atoms in total. The fourth-order valence-corrected chi connectivity index (χ4v) is 2.10. The lowest BCUT2D eigenvalue weighted by atomic mass is 10.3. The van der Waals surface area contributed by atoms with Gasteiger partial charge in [-0.1, -0.05) is 11.6 Å². The van der Waals surface area contributed by atoms with Gasteiger partial charge in [-0.05, 0) is 36.4 Å². The minimum atomic E-state index is -0.929. The Hall–Kier alpha value is -2.51. The molecule has 0 fully saturated rings. The number of rotatable bonds is 7. The van der Waals surface area contributed by atoms with Gasteiger partial charge in [0.25, 0.3) is 0 Å². The van der Waals surface area contributed by atoms with E-state index in [-0.39, 0.29) is 19.0 Å². The molecule has 1 atom stereocenters. The van der Waals surface area contributed by atoms with Crippen LogP contribution in [-0.4, -0.2) is 37.5 Å². The van der Waals surface area contributed by atoms with E-state index in [1.807, 2.05) is 0 Å². The van der Waals surface area contributed by atoms with Gasteiger partial charge in [0.2, 0.25) is 0 Å². The van der Waals surface area contributed by atoms with Crippen molar-refractivity contribution < 1.29 is 23.8 Å². The Labute approximate surface area is 149 Å². The Bertz CT molecular complexity index is 712. The molecule has 0 aliphatic carbocycles. The fraction of sp³-hybridized carbons (Fsp3) is 0.235. The number of ether oxygens (including phenoxy) is 2. The lowest BCUT2D eigenvalue weighted by Gasteiger charge is -2.14. The summed E-state index contributed by atoms with van der Waals surface area (Å²) in [5, 5.41) is 15.2. The van der Waals surface area contributed by atoms with Crippen LogP contribution in [0, 0.1) is 5.82 Å². The normalized spacial score (nSPS) is 11.5. The first kappa shape index (κ1) is 18.8. The first-order valence-corrected chi connectivity index (χ1v) is 7.80. The fourth-order valence-electron chi connectivity index (χ4n) is 1.88. The monoisotopic (exact) mass is 368 g/mol. The van der Waals surface area contributed by atoms with E-state index in [0.29, 0.717) is 22.2 Å². The zero-order valence-corrected chi connectivity index (χ0v) is 14.2. The number of methoxy groups -OCH3 is 1. The molecule has 2 rings (SSSR count). The van der Waals surface area contributed by atoms with Gasteiger partial charge < -0.3 is 25.2 Å². The summed E-state index contributed by atoms with van der Waals surface area (Å²) < 4.78 is 23.1. The molecule has 0 heterocycles. The molecule has 0 aromatic heterocycles. The molecule has 8 heteroatoms. The molecule has 1 unspecified atom stereocenters. The van der Waals surface area contributed by atoms with Crippen molar-refractivity contribution in [2.45, 2.75) is 6.10 Å². The van der Waals surface area contributed by atoms with Crippen LogP contribution in [0.1, 0.15) is 0 Å². The van der Waals surface area contributed by atoms with Crippen LogP contribution < -0.4 is 20.1 Å². The number of urea groups is 1. The van der Waals surface area contributed by atoms with Crippen LogP contribution in [-0.2, 0) is 0 Å². The molecule has 2 aromatic rings. The number of carbonyl (C=O) groups excluding carboxylic acids is 1. The topological polar surface area (TPSA) is 79.8 Å². The van der Waals surface area contributed by atoms with E-state index in [2.05, 4.69) is 10.6 Å². The first-order valence-electron chi connectivity index (χ1n) is 7.42. The van der Waals surface area contributed by atoms with Gasteiger partial charge >= 0.3 is 6.03 Å². The van der Waals surface area contributed by atoms with Crippen LogP contribution in [0.25, 0.3) is 0 Å². The molecule has 2 aromatic carbocycles. The molecule has 3 N–H and O–H groups in total. The van der Waals surface area contributed by atoms with E-state index in [1.165, 1.54) is 31.4 Å². The second-order valence-corrected chi connectivity index (χ2v) is 5.51. The zero-order valence-electron chi connectivity index (χ0n) is 13.5. The Kier molecular flexibility index (Phi) is 6.85. The average molecular weight is 369 g/mol. The Morgan fingerprint density at radius 3 is 2.56 bits per heavy atom. The van der Waals surface area contributed by atoms with Crippen LogP contribution >= 0.6 is 11.6 Å². The molecule has 134 valence electrons. The summed E-state index contributed by atoms with van der Waals surface area (Å²) in [5.74, 6) is 0.627. The highest BCUT2D eigenvalue weighted by molar-refractivity contribution is 6.33. The number of nitrogens with one attached hydrogen (secondary N) is 2. The van der Waals surface area contributed by atoms with Gasteiger partial charge in [-0.2, -0.15) is 0 Å². The number of carbonyl (C=O) groups is 1. The minimum absolute atomic E-state index is 0.0270. The summed E-state index contributed by atoms with van der Waals surface area (Å²) >= 11 is 6.03. The summed E-state index contributed by atoms with van der Waals surface area (Å²) in [4.78, 5) is 11.8. The van der Waals surface area contributed by atoms with Crippen LogP contribution in [0.15, 0.2) is 42.5 Å². The van der Waals surface area contributed by atoms with Crippen LogP contribution in [0.3, 0.4) is 0 Å². The third-order valence-corrected chi connectivity index (χ3v) is 3.49. The highest BCUT2D eigenvalue weighted by Crippen LogP contribution is 2.26. The summed E-state index contributed by atoms with van der Waals surface area (Å²) in [6, 6.07) is 9.73. The van der Waals surface area contributed by atoms with Gasteiger partial charge in [0.1, 0.15) is 30.0 Å². The molecule has 2 amide bonds. The Morgan fingerprint density at radius 1 is 1.24 bits per heavy atom. The highest BCUT2D eigenvalue weighted by Gasteiger charge is 2.10. The van der Waals surface area contributed by atoms with Crippen molar-refractivity contribution in [1.82, 2.24) is 5.32 Å². The minimum Gasteiger partial charge on any atom is -0.497 e. The second-order valence-electron chi connectivity index (χ2n) is 5.10. The third-order valence-electron chi connectivity index (χ3n) is 3.18. The predicted octanol–water partition coefficient (Wildman–Crippen LogP) is 3.05. The van der Waals surface area contributed by atoms with E-state index in [0.717, 1.165) is 0 Å². The van der Waals surface area contributed by atoms with Crippen molar-refractivity contribution in [2.75, 3.05) is 25.6 Å². The van der Waals surface area contributed by atoms with Gasteiger partial charge in [-0.3, -0.25) is 0 Å². The highest BCUT2D eigenvalue weighted by atomic mass is 35.5. The lowest BCUT2D eigenvalue weighted by Crippen LogP contribution is -2.37. The number of halogens is 2. The number of amides is 2. The first-order chi connectivity index (χ1) is 12.0. The zero-order chi connectivity index (χ0) is 18.2. The third kappa shape index (κ3) is 6.13. The van der Waals surface area contributed by atoms with Gasteiger partial charge in [-0.15, -0.1) is 0 Å². The maximum Gasteiger partial charge on any atom is 0.319 e. The van der Waals surface area contributed by atoms with Gasteiger partial charge in [0.15, 0.2) is 0 Å². The van der Waals surface area contributed by atoms with Crippen LogP contribution in [0.4, 0.5) is 14.9 Å². The molecule has 0 aliphatic rings. The van der Waals surface area contributed by atoms with Crippen molar-refractivity contribution in [3.8, 4) is 11.5 Å². The standard InChI is InChI=1S/C17H18ClFN2O4/c1-24-14-6-7-16(15(18)8-14)21-17(23)20-9-12(22)10-25-13-4-2-11(19)3-5-13/h2-8,12,22H,9-10H2,1H3,(H2,20,21,23). The van der Waals surface area contributed by atoms with E-state index in [9.17, 15) is 14.3 Å². The molecule has 0 bridgehead atoms. The summed E-state index contributed by atoms with van der Waals surface area (Å²) in [7, 11) is 1.51. The lowest BCUT2D eigenvalue weighted by molar-refractivity contribution is 0.108. The predicted molar refractivity (Wildman–Crippen MR) is 92.9 cm³/mol. The largest absolute Gasteiger partial charge is 0.497 e. The van der Waals surface area contributed by atoms with E-state index in [4.69, 9.17) is 21.1 Å². The molecule has 0 aliphatic heterocycles. The number of aliphatic hydroxyl groups is 1. The van der Waals surface area contributed by atoms with Crippen molar-refractivity contribution >= 4 is 23.3 Å². The van der Waals surface area contributed by atoms with Crippen LogP contribution in [0.5, 0.6) is 11.5 Å². The van der Waals surface area contributed by atoms with Gasteiger partial charge in [-0.25, -0.2) is 9.18 Å². The van der Waals surface area contributed by atoms with E-state index < -0.39 is 12.1 Å². The van der Waals surface area contributed by atoms with Crippen molar-refractivity contribution in [3.63, 3.8) is 0 Å². The molecule has 0 saturated heterocycles. The van der Waals surface area contributed by atoms with Crippen molar-refractivity contribution in [1.29, 1.82) is 0 Å². The number of aliphatic hydroxyl groups excluding tert-OH is 1. The van der Waals surface area contributed by atoms with Gasteiger partial charge in [0.05, 0.1) is 17.8 Å². The molecule has 0 spiro atoms. The average Bonchev–Trinajstić information content (AvgIpc) is 2.61. The maximum atomic E-state index is 12.8. The van der Waals surface area contributed by atoms with Gasteiger partial charge in [0, 0.05) is 12.6 Å². The molecule has 0 saturated carbocycles. The summed E-state index contributed by atoms with van der Waals surface area (Å²) in [6.45, 7) is -0.0734. The van der Waals surface area contributed by atoms with E-state index >= 15 is 0 Å². The molecule has 25 heavy (non-hydrogen) atoms. The summed E-state index contributed by atoms with van der Waals surface area (Å²) in [6.07, 6.45) is -0.929. The summed E-state index contributed by atoms with van der Waals surface area (Å²) in [5.41, 5.74) is 0.414. The molecule has 0 radical (unpaired) electrons. The maximum absolute atomic E-state index is 12.8. The SMILES string of the molecule is COc1ccc(NC(=O)NCC(O)COc2ccc(F)cc2)c(Cl)c1. The second kappa shape index (κ2) is 9.10. The van der Waals surface area contributed by atoms with Crippen molar-refractivity contribution in [2.24, 2.45) is 0 Å². The number of hydrogen-bond acceptors (Lipinski definition) is 4.